The molecule has 0 atom stereocenters. The molecule has 2 aromatic rings. The molecule has 5 heteroatoms. The normalized spacial score (nSPS) is 10.7. The number of nitrogens with zero attached hydrogens (tertiary/aromatic N) is 1. The van der Waals surface area contributed by atoms with Crippen LogP contribution in [0.1, 0.15) is 12.5 Å². The molecule has 0 unspecified atom stereocenters. The van der Waals surface area contributed by atoms with Gasteiger partial charge >= 0.3 is 0 Å². The van der Waals surface area contributed by atoms with Gasteiger partial charge in [-0.25, -0.2) is 0 Å². The molecule has 1 amide bonds. The number of rotatable bonds is 3. The summed E-state index contributed by atoms with van der Waals surface area (Å²) < 4.78 is 0. The Hall–Kier alpha value is -2.82. The summed E-state index contributed by atoms with van der Waals surface area (Å²) in [6.07, 6.45) is 1.58. The number of carbonyl (C=O) groups excluding carboxylic acids is 1. The number of nitrogens with one attached hydrogen (secondary N) is 1. The minimum absolute atomic E-state index is 0.124. The van der Waals surface area contributed by atoms with Crippen LogP contribution in [0.3, 0.4) is 0 Å². The maximum atomic E-state index is 10.9. The first kappa shape index (κ1) is 13.6. The number of benzene rings is 2. The molecular formula is C15H14N2O3. The van der Waals surface area contributed by atoms with E-state index in [1.165, 1.54) is 19.1 Å². The molecule has 0 heterocycles. The molecule has 20 heavy (non-hydrogen) atoms. The number of amides is 1. The third-order valence-electron chi connectivity index (χ3n) is 2.55. The number of carbonyl (C=O) groups is 1. The third kappa shape index (κ3) is 3.58. The molecule has 3 N–H and O–H groups in total. The van der Waals surface area contributed by atoms with E-state index in [1.54, 1.807) is 36.5 Å². The maximum Gasteiger partial charge on any atom is 0.221 e. The Morgan fingerprint density at radius 3 is 2.40 bits per heavy atom. The van der Waals surface area contributed by atoms with Crippen LogP contribution in [-0.4, -0.2) is 22.3 Å². The van der Waals surface area contributed by atoms with E-state index in [-0.39, 0.29) is 17.4 Å². The van der Waals surface area contributed by atoms with Gasteiger partial charge in [-0.05, 0) is 48.0 Å². The first-order valence-corrected chi connectivity index (χ1v) is 5.98. The highest BCUT2D eigenvalue weighted by Gasteiger charge is 1.99. The fourth-order valence-electron chi connectivity index (χ4n) is 1.60. The van der Waals surface area contributed by atoms with Crippen LogP contribution in [0, 0.1) is 0 Å². The van der Waals surface area contributed by atoms with Gasteiger partial charge in [0.2, 0.25) is 5.91 Å². The van der Waals surface area contributed by atoms with Gasteiger partial charge in [-0.1, -0.05) is 0 Å². The number of phenolic OH excluding ortho intramolecular Hbond substituents is 2. The standard InChI is InChI=1S/C15H14N2O3/c1-10(18)17-13-5-3-12(4-6-13)16-9-11-2-7-14(19)15(20)8-11/h2-9,19-20H,1H3,(H,17,18). The zero-order valence-corrected chi connectivity index (χ0v) is 10.9. The minimum Gasteiger partial charge on any atom is -0.504 e. The third-order valence-corrected chi connectivity index (χ3v) is 2.55. The number of phenols is 2. The molecule has 0 fully saturated rings. The highest BCUT2D eigenvalue weighted by molar-refractivity contribution is 5.89. The monoisotopic (exact) mass is 270 g/mol. The summed E-state index contributed by atoms with van der Waals surface area (Å²) in [5.74, 6) is -0.474. The smallest absolute Gasteiger partial charge is 0.221 e. The van der Waals surface area contributed by atoms with Crippen molar-refractivity contribution in [3.8, 4) is 11.5 Å². The SMILES string of the molecule is CC(=O)Nc1ccc(N=Cc2ccc(O)c(O)c2)cc1. The fraction of sp³-hybridized carbons (Fsp3) is 0.0667. The molecule has 0 aliphatic rings. The van der Waals surface area contributed by atoms with Crippen molar-refractivity contribution < 1.29 is 15.0 Å². The van der Waals surface area contributed by atoms with Gasteiger partial charge in [0.25, 0.3) is 0 Å². The van der Waals surface area contributed by atoms with Gasteiger partial charge in [0, 0.05) is 18.8 Å². The van der Waals surface area contributed by atoms with Crippen molar-refractivity contribution in [2.75, 3.05) is 5.32 Å². The van der Waals surface area contributed by atoms with Crippen molar-refractivity contribution in [1.82, 2.24) is 0 Å². The summed E-state index contributed by atoms with van der Waals surface area (Å²) in [4.78, 5) is 15.1. The summed E-state index contributed by atoms with van der Waals surface area (Å²) in [5, 5.41) is 21.2. The first-order valence-electron chi connectivity index (χ1n) is 5.98. The highest BCUT2D eigenvalue weighted by atomic mass is 16.3. The molecule has 0 saturated carbocycles. The van der Waals surface area contributed by atoms with Crippen LogP contribution in [0.2, 0.25) is 0 Å². The van der Waals surface area contributed by atoms with E-state index < -0.39 is 0 Å². The number of aromatic hydroxyl groups is 2. The molecule has 0 spiro atoms. The molecule has 2 aromatic carbocycles. The molecule has 0 aliphatic heterocycles. The lowest BCUT2D eigenvalue weighted by Crippen LogP contribution is -2.04. The Bertz CT molecular complexity index is 649. The second-order valence-corrected chi connectivity index (χ2v) is 4.23. The van der Waals surface area contributed by atoms with E-state index >= 15 is 0 Å². The molecule has 0 bridgehead atoms. The van der Waals surface area contributed by atoms with Gasteiger partial charge in [0.05, 0.1) is 5.69 Å². The van der Waals surface area contributed by atoms with Gasteiger partial charge in [-0.2, -0.15) is 0 Å². The highest BCUT2D eigenvalue weighted by Crippen LogP contribution is 2.24. The Morgan fingerprint density at radius 2 is 1.80 bits per heavy atom. The summed E-state index contributed by atoms with van der Waals surface area (Å²) in [5.41, 5.74) is 2.09. The first-order chi connectivity index (χ1) is 9.54. The van der Waals surface area contributed by atoms with Crippen molar-refractivity contribution in [2.45, 2.75) is 6.92 Å². The Morgan fingerprint density at radius 1 is 1.10 bits per heavy atom. The van der Waals surface area contributed by atoms with Crippen molar-refractivity contribution >= 4 is 23.5 Å². The van der Waals surface area contributed by atoms with Crippen LogP contribution in [0.25, 0.3) is 0 Å². The van der Waals surface area contributed by atoms with Gasteiger partial charge in [0.15, 0.2) is 11.5 Å². The molecule has 0 aliphatic carbocycles. The zero-order valence-electron chi connectivity index (χ0n) is 10.9. The van der Waals surface area contributed by atoms with Crippen molar-refractivity contribution in [3.63, 3.8) is 0 Å². The maximum absolute atomic E-state index is 10.9. The lowest BCUT2D eigenvalue weighted by Gasteiger charge is -2.01. The van der Waals surface area contributed by atoms with E-state index in [0.29, 0.717) is 16.9 Å². The molecule has 2 rings (SSSR count). The second kappa shape index (κ2) is 5.88. The van der Waals surface area contributed by atoms with Crippen LogP contribution >= 0.6 is 0 Å². The molecular weight excluding hydrogens is 256 g/mol. The van der Waals surface area contributed by atoms with Crippen LogP contribution < -0.4 is 5.32 Å². The second-order valence-electron chi connectivity index (χ2n) is 4.23. The van der Waals surface area contributed by atoms with E-state index in [4.69, 9.17) is 0 Å². The predicted molar refractivity (Wildman–Crippen MR) is 77.8 cm³/mol. The van der Waals surface area contributed by atoms with Crippen molar-refractivity contribution in [1.29, 1.82) is 0 Å². The Kier molecular flexibility index (Phi) is 4.00. The van der Waals surface area contributed by atoms with E-state index in [0.717, 1.165) is 0 Å². The van der Waals surface area contributed by atoms with Gasteiger partial charge in [0.1, 0.15) is 0 Å². The largest absolute Gasteiger partial charge is 0.504 e. The van der Waals surface area contributed by atoms with Crippen LogP contribution in [0.5, 0.6) is 11.5 Å². The quantitative estimate of drug-likeness (QED) is 0.592. The number of aliphatic imine (C=N–C) groups is 1. The zero-order chi connectivity index (χ0) is 14.5. The number of hydrogen-bond donors (Lipinski definition) is 3. The summed E-state index contributed by atoms with van der Waals surface area (Å²) in [7, 11) is 0. The summed E-state index contributed by atoms with van der Waals surface area (Å²) in [6, 6.07) is 11.5. The van der Waals surface area contributed by atoms with E-state index in [1.807, 2.05) is 0 Å². The van der Waals surface area contributed by atoms with Gasteiger partial charge < -0.3 is 15.5 Å². The summed E-state index contributed by atoms with van der Waals surface area (Å²) in [6.45, 7) is 1.45. The fourth-order valence-corrected chi connectivity index (χ4v) is 1.60. The van der Waals surface area contributed by atoms with Gasteiger partial charge in [-0.3, -0.25) is 9.79 Å². The van der Waals surface area contributed by atoms with Gasteiger partial charge in [-0.15, -0.1) is 0 Å². The average Bonchev–Trinajstić information content (AvgIpc) is 2.41. The van der Waals surface area contributed by atoms with Crippen molar-refractivity contribution in [2.24, 2.45) is 4.99 Å². The molecule has 5 nitrogen and oxygen atoms in total. The molecule has 0 saturated heterocycles. The molecule has 0 radical (unpaired) electrons. The number of anilines is 1. The molecule has 102 valence electrons. The lowest BCUT2D eigenvalue weighted by atomic mass is 10.2. The van der Waals surface area contributed by atoms with Crippen LogP contribution in [-0.2, 0) is 4.79 Å². The topological polar surface area (TPSA) is 81.9 Å². The van der Waals surface area contributed by atoms with Crippen LogP contribution in [0.4, 0.5) is 11.4 Å². The Labute approximate surface area is 116 Å². The average molecular weight is 270 g/mol. The van der Waals surface area contributed by atoms with Crippen molar-refractivity contribution in [3.05, 3.63) is 48.0 Å². The van der Waals surface area contributed by atoms with E-state index in [2.05, 4.69) is 10.3 Å². The molecule has 0 aromatic heterocycles. The number of hydrogen-bond acceptors (Lipinski definition) is 4. The lowest BCUT2D eigenvalue weighted by molar-refractivity contribution is -0.114. The summed E-state index contributed by atoms with van der Waals surface area (Å²) >= 11 is 0. The Balaban J connectivity index is 2.10. The predicted octanol–water partition coefficient (Wildman–Crippen LogP) is 2.81. The van der Waals surface area contributed by atoms with Crippen LogP contribution in [0.15, 0.2) is 47.5 Å². The van der Waals surface area contributed by atoms with E-state index in [9.17, 15) is 15.0 Å². The minimum atomic E-state index is -0.185.